The van der Waals surface area contributed by atoms with Crippen LogP contribution in [0, 0.1) is 0 Å². The van der Waals surface area contributed by atoms with Gasteiger partial charge in [0, 0.05) is 0 Å². The van der Waals surface area contributed by atoms with Gasteiger partial charge in [-0.15, -0.1) is 0 Å². The highest BCUT2D eigenvalue weighted by Gasteiger charge is 1.87. The summed E-state index contributed by atoms with van der Waals surface area (Å²) in [4.78, 5) is 0. The van der Waals surface area contributed by atoms with Crippen molar-refractivity contribution < 1.29 is 0 Å². The van der Waals surface area contributed by atoms with Crippen molar-refractivity contribution in [3.05, 3.63) is 41.9 Å². The minimum atomic E-state index is -0.0937. The summed E-state index contributed by atoms with van der Waals surface area (Å²) in [5.74, 6) is 0. The number of hydrogen-bond acceptors (Lipinski definition) is 0. The van der Waals surface area contributed by atoms with Crippen molar-refractivity contribution in [3.63, 3.8) is 0 Å². The van der Waals surface area contributed by atoms with Gasteiger partial charge in [0.05, 0.1) is 9.52 Å². The molecule has 1 rings (SSSR count). The van der Waals surface area contributed by atoms with Crippen molar-refractivity contribution >= 4 is 26.3 Å². The zero-order valence-corrected chi connectivity index (χ0v) is 8.50. The Hall–Kier alpha value is -0.533. The molecule has 2 heteroatoms. The lowest BCUT2D eigenvalue weighted by Crippen LogP contribution is -2.11. The third-order valence-electron chi connectivity index (χ3n) is 1.53. The molecular weight excluding hydrogens is 172 g/mol. The molecule has 0 heterocycles. The van der Waals surface area contributed by atoms with Crippen molar-refractivity contribution in [1.29, 1.82) is 0 Å². The molecule has 0 spiro atoms. The molecule has 0 saturated heterocycles. The zero-order chi connectivity index (χ0) is 7.94. The van der Waals surface area contributed by atoms with Crippen molar-refractivity contribution in [3.8, 4) is 0 Å². The first-order valence-corrected chi connectivity index (χ1v) is 5.87. The van der Waals surface area contributed by atoms with E-state index in [0.29, 0.717) is 0 Å². The van der Waals surface area contributed by atoms with Crippen molar-refractivity contribution in [2.75, 3.05) is 0 Å². The molecule has 0 bridgehead atoms. The second kappa shape index (κ2) is 5.16. The molecule has 0 nitrogen and oxygen atoms in total. The largest absolute Gasteiger partial charge is 0.0933 e. The van der Waals surface area contributed by atoms with E-state index in [0.717, 1.165) is 6.04 Å². The van der Waals surface area contributed by atoms with E-state index in [1.807, 2.05) is 6.08 Å². The quantitative estimate of drug-likeness (QED) is 0.624. The number of allylic oxidation sites excluding steroid dienone is 1. The van der Waals surface area contributed by atoms with Gasteiger partial charge in [-0.3, -0.25) is 0 Å². The van der Waals surface area contributed by atoms with Crippen LogP contribution in [0.15, 0.2) is 41.9 Å². The van der Waals surface area contributed by atoms with Crippen molar-refractivity contribution in [1.82, 2.24) is 0 Å². The van der Waals surface area contributed by atoms with Gasteiger partial charge in [0.15, 0.2) is 0 Å². The fourth-order valence-electron chi connectivity index (χ4n) is 0.958. The van der Waals surface area contributed by atoms with Crippen LogP contribution in [0.25, 0.3) is 0 Å². The maximum Gasteiger partial charge on any atom is 0.0585 e. The van der Waals surface area contributed by atoms with Crippen LogP contribution in [-0.4, -0.2) is 9.52 Å². The smallest absolute Gasteiger partial charge is 0.0585 e. The third-order valence-corrected chi connectivity index (χ3v) is 3.38. The number of benzene rings is 1. The molecule has 11 heavy (non-hydrogen) atoms. The van der Waals surface area contributed by atoms with Gasteiger partial charge in [0.1, 0.15) is 0 Å². The Morgan fingerprint density at radius 2 is 2.00 bits per heavy atom. The summed E-state index contributed by atoms with van der Waals surface area (Å²) < 4.78 is 0. The van der Waals surface area contributed by atoms with Crippen LogP contribution >= 0.6 is 11.6 Å². The highest BCUT2D eigenvalue weighted by atomic mass is 35.5. The number of rotatable bonds is 3. The summed E-state index contributed by atoms with van der Waals surface area (Å²) in [5, 5.41) is 1.50. The second-order valence-corrected chi connectivity index (χ2v) is 4.53. The Kier molecular flexibility index (Phi) is 4.02. The normalized spacial score (nSPS) is 11.7. The fraction of sp³-hybridized carbons (Fsp3) is 0.111. The second-order valence-electron chi connectivity index (χ2n) is 2.39. The lowest BCUT2D eigenvalue weighted by molar-refractivity contribution is 1.69. The van der Waals surface area contributed by atoms with Crippen molar-refractivity contribution in [2.45, 2.75) is 6.04 Å². The van der Waals surface area contributed by atoms with E-state index in [2.05, 4.69) is 30.3 Å². The van der Waals surface area contributed by atoms with Crippen LogP contribution in [0.1, 0.15) is 0 Å². The Morgan fingerprint density at radius 1 is 1.27 bits per heavy atom. The molecule has 1 aromatic rings. The first kappa shape index (κ1) is 8.56. The summed E-state index contributed by atoms with van der Waals surface area (Å²) in [6, 6.07) is 11.8. The van der Waals surface area contributed by atoms with Gasteiger partial charge in [-0.2, -0.15) is 0 Å². The topological polar surface area (TPSA) is 0 Å². The predicted molar refractivity (Wildman–Crippen MR) is 54.4 cm³/mol. The lowest BCUT2D eigenvalue weighted by atomic mass is 10.4. The van der Waals surface area contributed by atoms with Gasteiger partial charge >= 0.3 is 0 Å². The van der Waals surface area contributed by atoms with E-state index in [1.54, 1.807) is 5.54 Å². The van der Waals surface area contributed by atoms with E-state index in [9.17, 15) is 0 Å². The molecule has 0 aliphatic heterocycles. The molecular formula is C9H11ClSi. The highest BCUT2D eigenvalue weighted by Crippen LogP contribution is 1.87. The maximum atomic E-state index is 5.41. The van der Waals surface area contributed by atoms with Gasteiger partial charge in [-0.25, -0.2) is 0 Å². The average molecular weight is 183 g/mol. The summed E-state index contributed by atoms with van der Waals surface area (Å²) in [5.41, 5.74) is 1.61. The van der Waals surface area contributed by atoms with Gasteiger partial charge in [-0.05, 0) is 11.6 Å². The minimum absolute atomic E-state index is 0.0937. The summed E-state index contributed by atoms with van der Waals surface area (Å²) >= 11 is 5.41. The average Bonchev–Trinajstić information content (AvgIpc) is 2.07. The SMILES string of the molecule is ClC=CC[SiH2]c1ccccc1. The van der Waals surface area contributed by atoms with E-state index < -0.39 is 0 Å². The molecule has 0 unspecified atom stereocenters. The molecule has 58 valence electrons. The van der Waals surface area contributed by atoms with E-state index in [-0.39, 0.29) is 9.52 Å². The van der Waals surface area contributed by atoms with E-state index in [1.165, 1.54) is 5.19 Å². The lowest BCUT2D eigenvalue weighted by Gasteiger charge is -1.94. The summed E-state index contributed by atoms with van der Waals surface area (Å²) in [6.45, 7) is 0. The Balaban J connectivity index is 2.39. The van der Waals surface area contributed by atoms with Gasteiger partial charge in [0.2, 0.25) is 0 Å². The van der Waals surface area contributed by atoms with Crippen LogP contribution in [0.5, 0.6) is 0 Å². The van der Waals surface area contributed by atoms with Crippen LogP contribution in [0.4, 0.5) is 0 Å². The fourth-order valence-corrected chi connectivity index (χ4v) is 2.57. The standard InChI is InChI=1S/C9H11ClSi/c10-7-4-8-11-9-5-2-1-3-6-9/h1-7H,8,11H2. The monoisotopic (exact) mass is 182 g/mol. The molecule has 0 atom stereocenters. The minimum Gasteiger partial charge on any atom is -0.0933 e. The highest BCUT2D eigenvalue weighted by molar-refractivity contribution is 6.53. The molecule has 0 fully saturated rings. The van der Waals surface area contributed by atoms with Crippen LogP contribution in [0.3, 0.4) is 0 Å². The van der Waals surface area contributed by atoms with E-state index >= 15 is 0 Å². The Labute approximate surface area is 74.7 Å². The Bertz CT molecular complexity index is 218. The van der Waals surface area contributed by atoms with Crippen LogP contribution in [0.2, 0.25) is 6.04 Å². The Morgan fingerprint density at radius 3 is 2.64 bits per heavy atom. The van der Waals surface area contributed by atoms with Gasteiger partial charge in [-0.1, -0.05) is 53.2 Å². The van der Waals surface area contributed by atoms with Crippen molar-refractivity contribution in [2.24, 2.45) is 0 Å². The van der Waals surface area contributed by atoms with E-state index in [4.69, 9.17) is 11.6 Å². The van der Waals surface area contributed by atoms with Gasteiger partial charge in [0.25, 0.3) is 0 Å². The van der Waals surface area contributed by atoms with Gasteiger partial charge < -0.3 is 0 Å². The molecule has 0 N–H and O–H groups in total. The molecule has 0 aliphatic rings. The molecule has 0 radical (unpaired) electrons. The molecule has 0 aromatic heterocycles. The summed E-state index contributed by atoms with van der Waals surface area (Å²) in [7, 11) is -0.0937. The first-order valence-electron chi connectivity index (χ1n) is 3.72. The number of halogens is 1. The zero-order valence-electron chi connectivity index (χ0n) is 6.33. The number of hydrogen-bond donors (Lipinski definition) is 0. The third kappa shape index (κ3) is 3.40. The summed E-state index contributed by atoms with van der Waals surface area (Å²) in [6.07, 6.45) is 2.03. The van der Waals surface area contributed by atoms with Crippen LogP contribution < -0.4 is 5.19 Å². The predicted octanol–water partition coefficient (Wildman–Crippen LogP) is 1.65. The maximum absolute atomic E-state index is 5.41. The molecule has 0 aliphatic carbocycles. The van der Waals surface area contributed by atoms with Crippen LogP contribution in [-0.2, 0) is 0 Å². The molecule has 0 amide bonds. The molecule has 1 aromatic carbocycles. The first-order chi connectivity index (χ1) is 5.43. The molecule has 0 saturated carbocycles.